The van der Waals surface area contributed by atoms with Crippen molar-refractivity contribution >= 4 is 11.6 Å². The number of ether oxygens (including phenoxy) is 1. The molecule has 2 nitrogen and oxygen atoms in total. The highest BCUT2D eigenvalue weighted by molar-refractivity contribution is 6.30. The first kappa shape index (κ1) is 19.0. The van der Waals surface area contributed by atoms with E-state index in [0.29, 0.717) is 6.61 Å². The molecule has 1 atom stereocenters. The highest BCUT2D eigenvalue weighted by atomic mass is 35.5. The largest absolute Gasteiger partial charge is 0.374 e. The van der Waals surface area contributed by atoms with Crippen molar-refractivity contribution in [2.24, 2.45) is 5.92 Å². The van der Waals surface area contributed by atoms with Gasteiger partial charge >= 0.3 is 0 Å². The second-order valence-corrected chi connectivity index (χ2v) is 7.69. The lowest BCUT2D eigenvalue weighted by Crippen LogP contribution is -2.40. The summed E-state index contributed by atoms with van der Waals surface area (Å²) in [6, 6.07) is 21.0. The number of rotatable bonds is 6. The van der Waals surface area contributed by atoms with E-state index in [0.717, 1.165) is 37.1 Å². The zero-order valence-corrected chi connectivity index (χ0v) is 16.1. The lowest BCUT2D eigenvalue weighted by molar-refractivity contribution is -0.00419. The summed E-state index contributed by atoms with van der Waals surface area (Å²) in [5.41, 5.74) is 2.38. The van der Waals surface area contributed by atoms with Crippen molar-refractivity contribution in [3.8, 4) is 6.07 Å². The van der Waals surface area contributed by atoms with Crippen LogP contribution in [0.4, 0.5) is 0 Å². The van der Waals surface area contributed by atoms with Crippen molar-refractivity contribution < 1.29 is 4.74 Å². The highest BCUT2D eigenvalue weighted by Gasteiger charge is 2.43. The molecule has 3 heteroatoms. The molecule has 0 heterocycles. The van der Waals surface area contributed by atoms with Crippen molar-refractivity contribution in [2.45, 2.75) is 57.2 Å². The van der Waals surface area contributed by atoms with E-state index in [1.807, 2.05) is 30.3 Å². The predicted octanol–water partition coefficient (Wildman–Crippen LogP) is 6.29. The van der Waals surface area contributed by atoms with Gasteiger partial charge in [0.1, 0.15) is 0 Å². The van der Waals surface area contributed by atoms with Gasteiger partial charge in [0.25, 0.3) is 0 Å². The maximum absolute atomic E-state index is 9.77. The lowest BCUT2D eigenvalue weighted by atomic mass is 9.61. The first-order valence-corrected chi connectivity index (χ1v) is 9.87. The lowest BCUT2D eigenvalue weighted by Gasteiger charge is -2.43. The number of hydrogen-bond acceptors (Lipinski definition) is 2. The Hall–Kier alpha value is -1.82. The molecule has 2 aromatic carbocycles. The minimum atomic E-state index is -0.0826. The first-order chi connectivity index (χ1) is 12.7. The zero-order chi connectivity index (χ0) is 18.4. The smallest absolute Gasteiger partial charge is 0.0720 e. The minimum absolute atomic E-state index is 0.0266. The molecule has 26 heavy (non-hydrogen) atoms. The molecule has 0 aliphatic heterocycles. The monoisotopic (exact) mass is 367 g/mol. The topological polar surface area (TPSA) is 33.0 Å². The van der Waals surface area contributed by atoms with E-state index in [1.165, 1.54) is 11.1 Å². The summed E-state index contributed by atoms with van der Waals surface area (Å²) >= 11 is 6.08. The SMILES string of the molecule is CCC(C#N)C1(c2ccc(Cl)cc2)CCC(OCc2ccccc2)CC1. The number of nitriles is 1. The van der Waals surface area contributed by atoms with Gasteiger partial charge in [-0.1, -0.05) is 61.0 Å². The average molecular weight is 368 g/mol. The van der Waals surface area contributed by atoms with E-state index >= 15 is 0 Å². The molecule has 1 unspecified atom stereocenters. The molecule has 0 N–H and O–H groups in total. The summed E-state index contributed by atoms with van der Waals surface area (Å²) < 4.78 is 6.16. The van der Waals surface area contributed by atoms with E-state index in [-0.39, 0.29) is 17.4 Å². The molecule has 136 valence electrons. The van der Waals surface area contributed by atoms with Crippen LogP contribution >= 0.6 is 11.6 Å². The minimum Gasteiger partial charge on any atom is -0.374 e. The Kier molecular flexibility index (Phi) is 6.35. The van der Waals surface area contributed by atoms with Gasteiger partial charge in [-0.05, 0) is 55.4 Å². The van der Waals surface area contributed by atoms with Crippen molar-refractivity contribution in [3.63, 3.8) is 0 Å². The molecule has 1 saturated carbocycles. The third-order valence-electron chi connectivity index (χ3n) is 5.80. The summed E-state index contributed by atoms with van der Waals surface area (Å²) in [6.07, 6.45) is 5.10. The van der Waals surface area contributed by atoms with Crippen LogP contribution in [0.1, 0.15) is 50.2 Å². The number of halogens is 1. The van der Waals surface area contributed by atoms with Crippen LogP contribution in [0.5, 0.6) is 0 Å². The molecule has 3 rings (SSSR count). The fourth-order valence-electron chi connectivity index (χ4n) is 4.29. The standard InChI is InChI=1S/C23H26ClNO/c1-2-19(16-25)23(20-8-10-21(24)11-9-20)14-12-22(13-15-23)26-17-18-6-4-3-5-7-18/h3-11,19,22H,2,12-15,17H2,1H3. The van der Waals surface area contributed by atoms with Gasteiger partial charge in [-0.3, -0.25) is 0 Å². The third-order valence-corrected chi connectivity index (χ3v) is 6.06. The van der Waals surface area contributed by atoms with E-state index in [2.05, 4.69) is 37.3 Å². The van der Waals surface area contributed by atoms with Gasteiger partial charge < -0.3 is 4.74 Å². The fourth-order valence-corrected chi connectivity index (χ4v) is 4.41. The van der Waals surface area contributed by atoms with Crippen LogP contribution in [-0.4, -0.2) is 6.10 Å². The molecular weight excluding hydrogens is 342 g/mol. The van der Waals surface area contributed by atoms with E-state index in [1.54, 1.807) is 0 Å². The molecule has 0 radical (unpaired) electrons. The van der Waals surface area contributed by atoms with Crippen molar-refractivity contribution in [1.82, 2.24) is 0 Å². The Morgan fingerprint density at radius 3 is 2.35 bits per heavy atom. The molecular formula is C23H26ClNO. The summed E-state index contributed by atoms with van der Waals surface area (Å²) in [5.74, 6) is 0.0266. The Morgan fingerprint density at radius 2 is 1.77 bits per heavy atom. The van der Waals surface area contributed by atoms with Crippen LogP contribution in [0.3, 0.4) is 0 Å². The molecule has 2 aromatic rings. The maximum Gasteiger partial charge on any atom is 0.0720 e. The van der Waals surface area contributed by atoms with E-state index in [4.69, 9.17) is 16.3 Å². The van der Waals surface area contributed by atoms with Crippen LogP contribution < -0.4 is 0 Å². The quantitative estimate of drug-likeness (QED) is 0.601. The van der Waals surface area contributed by atoms with Gasteiger partial charge in [0.15, 0.2) is 0 Å². The normalized spacial score (nSPS) is 24.0. The summed E-state index contributed by atoms with van der Waals surface area (Å²) in [6.45, 7) is 2.78. The summed E-state index contributed by atoms with van der Waals surface area (Å²) in [4.78, 5) is 0. The summed E-state index contributed by atoms with van der Waals surface area (Å²) in [7, 11) is 0. The third kappa shape index (κ3) is 4.11. The van der Waals surface area contributed by atoms with Crippen LogP contribution in [0, 0.1) is 17.2 Å². The van der Waals surface area contributed by atoms with Crippen molar-refractivity contribution in [2.75, 3.05) is 0 Å². The van der Waals surface area contributed by atoms with Gasteiger partial charge in [0.2, 0.25) is 0 Å². The molecule has 0 aromatic heterocycles. The predicted molar refractivity (Wildman–Crippen MR) is 106 cm³/mol. The molecule has 0 bridgehead atoms. The molecule has 0 spiro atoms. The second-order valence-electron chi connectivity index (χ2n) is 7.25. The van der Waals surface area contributed by atoms with Crippen LogP contribution in [-0.2, 0) is 16.8 Å². The van der Waals surface area contributed by atoms with E-state index in [9.17, 15) is 5.26 Å². The van der Waals surface area contributed by atoms with Crippen LogP contribution in [0.25, 0.3) is 0 Å². The maximum atomic E-state index is 9.77. The second kappa shape index (κ2) is 8.71. The van der Waals surface area contributed by atoms with Gasteiger partial charge in [0, 0.05) is 10.4 Å². The summed E-state index contributed by atoms with van der Waals surface area (Å²) in [5, 5.41) is 10.5. The van der Waals surface area contributed by atoms with Gasteiger partial charge in [-0.2, -0.15) is 5.26 Å². The number of nitrogens with zero attached hydrogens (tertiary/aromatic N) is 1. The number of hydrogen-bond donors (Lipinski definition) is 0. The van der Waals surface area contributed by atoms with Crippen molar-refractivity contribution in [1.29, 1.82) is 5.26 Å². The Balaban J connectivity index is 1.71. The Bertz CT molecular complexity index is 727. The zero-order valence-electron chi connectivity index (χ0n) is 15.3. The van der Waals surface area contributed by atoms with Crippen LogP contribution in [0.15, 0.2) is 54.6 Å². The molecule has 0 amide bonds. The van der Waals surface area contributed by atoms with Gasteiger partial charge in [-0.25, -0.2) is 0 Å². The molecule has 1 aliphatic rings. The van der Waals surface area contributed by atoms with Crippen molar-refractivity contribution in [3.05, 3.63) is 70.7 Å². The molecule has 0 saturated heterocycles. The van der Waals surface area contributed by atoms with E-state index < -0.39 is 0 Å². The number of benzene rings is 2. The Morgan fingerprint density at radius 1 is 1.12 bits per heavy atom. The van der Waals surface area contributed by atoms with Gasteiger partial charge in [0.05, 0.1) is 24.7 Å². The van der Waals surface area contributed by atoms with Gasteiger partial charge in [-0.15, -0.1) is 0 Å². The average Bonchev–Trinajstić information content (AvgIpc) is 2.69. The van der Waals surface area contributed by atoms with Crippen LogP contribution in [0.2, 0.25) is 5.02 Å². The fraction of sp³-hybridized carbons (Fsp3) is 0.435. The first-order valence-electron chi connectivity index (χ1n) is 9.49. The molecule has 1 fully saturated rings. The Labute approximate surface area is 161 Å². The highest BCUT2D eigenvalue weighted by Crippen LogP contribution is 2.47. The molecule has 1 aliphatic carbocycles.